The van der Waals surface area contributed by atoms with Gasteiger partial charge >= 0.3 is 5.97 Å². The molecule has 0 aliphatic heterocycles. The van der Waals surface area contributed by atoms with Crippen molar-refractivity contribution in [3.63, 3.8) is 0 Å². The van der Waals surface area contributed by atoms with Crippen LogP contribution in [0.5, 0.6) is 5.75 Å². The molecule has 0 fully saturated rings. The maximum Gasteiger partial charge on any atom is 0.303 e. The van der Waals surface area contributed by atoms with Crippen molar-refractivity contribution >= 4 is 5.97 Å². The molecule has 100 valence electrons. The standard InChI is InChI=1S/C14H15NO4/c1-9-14(10-5-3-4-6-11(10)18-2)19-12(15-9)7-8-13(16)17/h3-6H,7-8H2,1-2H3,(H,16,17). The van der Waals surface area contributed by atoms with Crippen LogP contribution >= 0.6 is 0 Å². The topological polar surface area (TPSA) is 72.6 Å². The normalized spacial score (nSPS) is 10.4. The van der Waals surface area contributed by atoms with Crippen LogP contribution in [0.15, 0.2) is 28.7 Å². The number of carboxylic acid groups (broad SMARTS) is 1. The lowest BCUT2D eigenvalue weighted by molar-refractivity contribution is -0.137. The molecule has 1 aromatic carbocycles. The van der Waals surface area contributed by atoms with Crippen molar-refractivity contribution in [2.24, 2.45) is 0 Å². The molecule has 2 rings (SSSR count). The fraction of sp³-hybridized carbons (Fsp3) is 0.286. The van der Waals surface area contributed by atoms with Crippen LogP contribution in [0.2, 0.25) is 0 Å². The van der Waals surface area contributed by atoms with Gasteiger partial charge in [0.05, 0.1) is 24.8 Å². The van der Waals surface area contributed by atoms with Crippen LogP contribution < -0.4 is 4.74 Å². The molecule has 2 aromatic rings. The van der Waals surface area contributed by atoms with Gasteiger partial charge in [-0.2, -0.15) is 0 Å². The van der Waals surface area contributed by atoms with Crippen LogP contribution in [0.1, 0.15) is 18.0 Å². The van der Waals surface area contributed by atoms with E-state index in [1.165, 1.54) is 0 Å². The molecule has 5 nitrogen and oxygen atoms in total. The molecule has 0 aliphatic rings. The quantitative estimate of drug-likeness (QED) is 0.895. The first-order valence-electron chi connectivity index (χ1n) is 5.93. The summed E-state index contributed by atoms with van der Waals surface area (Å²) in [5.74, 6) is 0.889. The van der Waals surface area contributed by atoms with Crippen molar-refractivity contribution in [2.75, 3.05) is 7.11 Å². The Morgan fingerprint density at radius 2 is 2.16 bits per heavy atom. The molecule has 1 aromatic heterocycles. The molecule has 0 amide bonds. The first-order chi connectivity index (χ1) is 9.11. The van der Waals surface area contributed by atoms with Crippen LogP contribution in [0.25, 0.3) is 11.3 Å². The number of ether oxygens (including phenoxy) is 1. The Balaban J connectivity index is 2.32. The zero-order chi connectivity index (χ0) is 13.8. The molecular weight excluding hydrogens is 246 g/mol. The van der Waals surface area contributed by atoms with Crippen LogP contribution in [-0.4, -0.2) is 23.2 Å². The van der Waals surface area contributed by atoms with Gasteiger partial charge in [-0.05, 0) is 19.1 Å². The third-order valence-electron chi connectivity index (χ3n) is 2.75. The number of hydrogen-bond acceptors (Lipinski definition) is 4. The van der Waals surface area contributed by atoms with Crippen LogP contribution in [0.4, 0.5) is 0 Å². The van der Waals surface area contributed by atoms with E-state index in [1.54, 1.807) is 7.11 Å². The summed E-state index contributed by atoms with van der Waals surface area (Å²) in [5, 5.41) is 8.66. The van der Waals surface area contributed by atoms with Gasteiger partial charge in [0.25, 0.3) is 0 Å². The number of aromatic nitrogens is 1. The highest BCUT2D eigenvalue weighted by Gasteiger charge is 2.15. The number of nitrogens with zero attached hydrogens (tertiary/aromatic N) is 1. The Morgan fingerprint density at radius 3 is 2.84 bits per heavy atom. The number of hydrogen-bond donors (Lipinski definition) is 1. The zero-order valence-corrected chi connectivity index (χ0v) is 10.8. The Labute approximate surface area is 110 Å². The van der Waals surface area contributed by atoms with Gasteiger partial charge in [-0.25, -0.2) is 4.98 Å². The van der Waals surface area contributed by atoms with Crippen LogP contribution in [0.3, 0.4) is 0 Å². The highest BCUT2D eigenvalue weighted by molar-refractivity contribution is 5.68. The van der Waals surface area contributed by atoms with Gasteiger partial charge in [0.15, 0.2) is 11.7 Å². The first-order valence-corrected chi connectivity index (χ1v) is 5.93. The zero-order valence-electron chi connectivity index (χ0n) is 10.8. The molecule has 0 saturated heterocycles. The average Bonchev–Trinajstić information content (AvgIpc) is 2.77. The Kier molecular flexibility index (Phi) is 3.85. The minimum absolute atomic E-state index is 0.00528. The fourth-order valence-corrected chi connectivity index (χ4v) is 1.86. The van der Waals surface area contributed by atoms with Gasteiger partial charge in [0, 0.05) is 6.42 Å². The number of carbonyl (C=O) groups is 1. The second kappa shape index (κ2) is 5.56. The SMILES string of the molecule is COc1ccccc1-c1oc(CCC(=O)O)nc1C. The Bertz CT molecular complexity index is 589. The minimum atomic E-state index is -0.866. The lowest BCUT2D eigenvalue weighted by Crippen LogP contribution is -1.97. The van der Waals surface area contributed by atoms with Crippen molar-refractivity contribution in [3.8, 4) is 17.1 Å². The molecule has 1 heterocycles. The molecule has 0 aliphatic carbocycles. The Hall–Kier alpha value is -2.30. The lowest BCUT2D eigenvalue weighted by Gasteiger charge is -2.05. The molecule has 0 unspecified atom stereocenters. The van der Waals surface area contributed by atoms with E-state index >= 15 is 0 Å². The molecule has 0 radical (unpaired) electrons. The molecule has 0 bridgehead atoms. The molecule has 19 heavy (non-hydrogen) atoms. The van der Waals surface area contributed by atoms with E-state index in [2.05, 4.69) is 4.98 Å². The van der Waals surface area contributed by atoms with E-state index in [0.29, 0.717) is 17.4 Å². The van der Waals surface area contributed by atoms with Crippen molar-refractivity contribution in [1.82, 2.24) is 4.98 Å². The number of rotatable bonds is 5. The lowest BCUT2D eigenvalue weighted by atomic mass is 10.1. The molecule has 5 heteroatoms. The second-order valence-corrected chi connectivity index (χ2v) is 4.12. The molecular formula is C14H15NO4. The minimum Gasteiger partial charge on any atom is -0.496 e. The van der Waals surface area contributed by atoms with Gasteiger partial charge in [-0.1, -0.05) is 12.1 Å². The summed E-state index contributed by atoms with van der Waals surface area (Å²) in [6, 6.07) is 7.48. The summed E-state index contributed by atoms with van der Waals surface area (Å²) in [6.07, 6.45) is 0.288. The highest BCUT2D eigenvalue weighted by Crippen LogP contribution is 2.32. The van der Waals surface area contributed by atoms with Crippen molar-refractivity contribution in [2.45, 2.75) is 19.8 Å². The largest absolute Gasteiger partial charge is 0.496 e. The van der Waals surface area contributed by atoms with Gasteiger partial charge in [0.1, 0.15) is 5.75 Å². The van der Waals surface area contributed by atoms with E-state index < -0.39 is 5.97 Å². The van der Waals surface area contributed by atoms with E-state index in [1.807, 2.05) is 31.2 Å². The summed E-state index contributed by atoms with van der Waals surface area (Å²) in [7, 11) is 1.59. The van der Waals surface area contributed by atoms with Gasteiger partial charge in [-0.15, -0.1) is 0 Å². The number of benzene rings is 1. The van der Waals surface area contributed by atoms with Crippen LogP contribution in [0, 0.1) is 6.92 Å². The van der Waals surface area contributed by atoms with Crippen molar-refractivity contribution < 1.29 is 19.1 Å². The summed E-state index contributed by atoms with van der Waals surface area (Å²) in [6.45, 7) is 1.83. The van der Waals surface area contributed by atoms with Crippen LogP contribution in [-0.2, 0) is 11.2 Å². The number of carboxylic acids is 1. The summed E-state index contributed by atoms with van der Waals surface area (Å²) >= 11 is 0. The predicted octanol–water partition coefficient (Wildman–Crippen LogP) is 2.68. The van der Waals surface area contributed by atoms with E-state index in [9.17, 15) is 4.79 Å². The smallest absolute Gasteiger partial charge is 0.303 e. The van der Waals surface area contributed by atoms with E-state index in [-0.39, 0.29) is 12.8 Å². The molecule has 1 N–H and O–H groups in total. The van der Waals surface area contributed by atoms with Gasteiger partial charge < -0.3 is 14.3 Å². The third kappa shape index (κ3) is 2.93. The fourth-order valence-electron chi connectivity index (χ4n) is 1.86. The highest BCUT2D eigenvalue weighted by atomic mass is 16.5. The molecule has 0 spiro atoms. The first kappa shape index (κ1) is 13.1. The van der Waals surface area contributed by atoms with Crippen molar-refractivity contribution in [3.05, 3.63) is 35.9 Å². The van der Waals surface area contributed by atoms with E-state index in [4.69, 9.17) is 14.3 Å². The third-order valence-corrected chi connectivity index (χ3v) is 2.75. The number of para-hydroxylation sites is 1. The number of oxazole rings is 1. The molecule has 0 saturated carbocycles. The van der Waals surface area contributed by atoms with E-state index in [0.717, 1.165) is 11.3 Å². The monoisotopic (exact) mass is 261 g/mol. The summed E-state index contributed by atoms with van der Waals surface area (Å²) in [5.41, 5.74) is 1.54. The molecule has 0 atom stereocenters. The second-order valence-electron chi connectivity index (χ2n) is 4.12. The predicted molar refractivity (Wildman–Crippen MR) is 69.2 cm³/mol. The maximum atomic E-state index is 10.5. The van der Waals surface area contributed by atoms with Crippen molar-refractivity contribution in [1.29, 1.82) is 0 Å². The Morgan fingerprint density at radius 1 is 1.42 bits per heavy atom. The summed E-state index contributed by atoms with van der Waals surface area (Å²) in [4.78, 5) is 14.8. The summed E-state index contributed by atoms with van der Waals surface area (Å²) < 4.78 is 10.9. The van der Waals surface area contributed by atoms with Gasteiger partial charge in [0.2, 0.25) is 0 Å². The number of methoxy groups -OCH3 is 1. The number of aliphatic carboxylic acids is 1. The average molecular weight is 261 g/mol. The van der Waals surface area contributed by atoms with Gasteiger partial charge in [-0.3, -0.25) is 4.79 Å². The maximum absolute atomic E-state index is 10.5. The number of aryl methyl sites for hydroxylation is 2.